The number of rotatable bonds is 5. The molecule has 68 valence electrons. The summed E-state index contributed by atoms with van der Waals surface area (Å²) in [5, 5.41) is 8.87. The molecule has 3 heteroatoms. The van der Waals surface area contributed by atoms with Gasteiger partial charge < -0.3 is 5.11 Å². The number of aliphatic hydroxyl groups is 1. The quantitative estimate of drug-likeness (QED) is 0.665. The molecular weight excluding hydrogens is 150 g/mol. The Balaban J connectivity index is 3.55. The van der Waals surface area contributed by atoms with Crippen molar-refractivity contribution < 1.29 is 13.9 Å². The second-order valence-corrected chi connectivity index (χ2v) is 2.94. The van der Waals surface area contributed by atoms with Crippen LogP contribution in [-0.4, -0.2) is 17.6 Å². The van der Waals surface area contributed by atoms with Crippen molar-refractivity contribution in [1.29, 1.82) is 0 Å². The van der Waals surface area contributed by atoms with Gasteiger partial charge in [0, 0.05) is 0 Å². The van der Waals surface area contributed by atoms with E-state index < -0.39 is 12.5 Å². The fourth-order valence-corrected chi connectivity index (χ4v) is 0.945. The third kappa shape index (κ3) is 4.30. The highest BCUT2D eigenvalue weighted by atomic mass is 19.3. The zero-order valence-corrected chi connectivity index (χ0v) is 7.06. The van der Waals surface area contributed by atoms with Gasteiger partial charge in [0.2, 0.25) is 0 Å². The summed E-state index contributed by atoms with van der Waals surface area (Å²) in [5.74, 6) is -0.282. The molecule has 1 N–H and O–H groups in total. The molecule has 0 fully saturated rings. The fraction of sp³-hybridized carbons (Fsp3) is 1.00. The Labute approximate surface area is 66.4 Å². The van der Waals surface area contributed by atoms with E-state index in [1.165, 1.54) is 0 Å². The molecule has 0 radical (unpaired) electrons. The average molecular weight is 166 g/mol. The SMILES string of the molecule is CCCCC(C)C(O)C(F)F. The van der Waals surface area contributed by atoms with E-state index in [2.05, 4.69) is 0 Å². The van der Waals surface area contributed by atoms with Gasteiger partial charge in [0.25, 0.3) is 6.43 Å². The first-order valence-electron chi connectivity index (χ1n) is 4.05. The van der Waals surface area contributed by atoms with Crippen LogP contribution in [0, 0.1) is 5.92 Å². The molecule has 0 aromatic rings. The van der Waals surface area contributed by atoms with Crippen molar-refractivity contribution >= 4 is 0 Å². The zero-order chi connectivity index (χ0) is 8.85. The lowest BCUT2D eigenvalue weighted by Gasteiger charge is -2.16. The van der Waals surface area contributed by atoms with Crippen LogP contribution in [-0.2, 0) is 0 Å². The van der Waals surface area contributed by atoms with Crippen molar-refractivity contribution in [2.75, 3.05) is 0 Å². The minimum Gasteiger partial charge on any atom is -0.387 e. The van der Waals surface area contributed by atoms with E-state index in [0.29, 0.717) is 6.42 Å². The van der Waals surface area contributed by atoms with Crippen LogP contribution in [0.2, 0.25) is 0 Å². The molecule has 2 unspecified atom stereocenters. The lowest BCUT2D eigenvalue weighted by molar-refractivity contribution is -0.0365. The van der Waals surface area contributed by atoms with Crippen molar-refractivity contribution in [3.8, 4) is 0 Å². The summed E-state index contributed by atoms with van der Waals surface area (Å²) in [4.78, 5) is 0. The van der Waals surface area contributed by atoms with E-state index in [0.717, 1.165) is 12.8 Å². The maximum Gasteiger partial charge on any atom is 0.264 e. The highest BCUT2D eigenvalue weighted by Gasteiger charge is 2.22. The molecule has 11 heavy (non-hydrogen) atoms. The Hall–Kier alpha value is -0.180. The van der Waals surface area contributed by atoms with E-state index >= 15 is 0 Å². The summed E-state index contributed by atoms with van der Waals surface area (Å²) in [5.41, 5.74) is 0. The molecule has 1 nitrogen and oxygen atoms in total. The third-order valence-corrected chi connectivity index (χ3v) is 1.85. The van der Waals surface area contributed by atoms with Crippen molar-refractivity contribution in [3.05, 3.63) is 0 Å². The molecule has 0 aliphatic rings. The predicted octanol–water partition coefficient (Wildman–Crippen LogP) is 2.44. The standard InChI is InChI=1S/C8H16F2O/c1-3-4-5-6(2)7(11)8(9)10/h6-8,11H,3-5H2,1-2H3. The molecule has 0 heterocycles. The number of alkyl halides is 2. The first kappa shape index (κ1) is 10.8. The van der Waals surface area contributed by atoms with Crippen molar-refractivity contribution in [3.63, 3.8) is 0 Å². The normalized spacial score (nSPS) is 16.9. The number of aliphatic hydroxyl groups excluding tert-OH is 1. The molecule has 0 aliphatic carbocycles. The summed E-state index contributed by atoms with van der Waals surface area (Å²) in [6.07, 6.45) is -1.46. The molecule has 0 spiro atoms. The lowest BCUT2D eigenvalue weighted by atomic mass is 9.98. The fourth-order valence-electron chi connectivity index (χ4n) is 0.945. The van der Waals surface area contributed by atoms with Gasteiger partial charge in [0.05, 0.1) is 0 Å². The summed E-state index contributed by atoms with van der Waals surface area (Å²) in [6, 6.07) is 0. The monoisotopic (exact) mass is 166 g/mol. The van der Waals surface area contributed by atoms with Crippen molar-refractivity contribution in [2.45, 2.75) is 45.6 Å². The van der Waals surface area contributed by atoms with Gasteiger partial charge in [0.15, 0.2) is 0 Å². The largest absolute Gasteiger partial charge is 0.387 e. The highest BCUT2D eigenvalue weighted by Crippen LogP contribution is 2.17. The topological polar surface area (TPSA) is 20.2 Å². The van der Waals surface area contributed by atoms with Crippen LogP contribution in [0.15, 0.2) is 0 Å². The Bertz CT molecular complexity index is 96.1. The molecule has 0 bridgehead atoms. The van der Waals surface area contributed by atoms with Crippen LogP contribution in [0.4, 0.5) is 8.78 Å². The van der Waals surface area contributed by atoms with Gasteiger partial charge >= 0.3 is 0 Å². The van der Waals surface area contributed by atoms with Gasteiger partial charge in [-0.2, -0.15) is 0 Å². The Morgan fingerprint density at radius 2 is 1.91 bits per heavy atom. The van der Waals surface area contributed by atoms with Gasteiger partial charge in [0.1, 0.15) is 6.10 Å². The van der Waals surface area contributed by atoms with E-state index in [1.54, 1.807) is 6.92 Å². The number of unbranched alkanes of at least 4 members (excludes halogenated alkanes) is 1. The highest BCUT2D eigenvalue weighted by molar-refractivity contribution is 4.66. The van der Waals surface area contributed by atoms with Gasteiger partial charge in [-0.05, 0) is 12.3 Å². The predicted molar refractivity (Wildman–Crippen MR) is 40.7 cm³/mol. The Morgan fingerprint density at radius 1 is 1.36 bits per heavy atom. The van der Waals surface area contributed by atoms with Crippen LogP contribution in [0.1, 0.15) is 33.1 Å². The van der Waals surface area contributed by atoms with Gasteiger partial charge in [-0.1, -0.05) is 26.7 Å². The minimum atomic E-state index is -2.60. The third-order valence-electron chi connectivity index (χ3n) is 1.85. The zero-order valence-electron chi connectivity index (χ0n) is 7.06. The number of hydrogen-bond acceptors (Lipinski definition) is 1. The summed E-state index contributed by atoms with van der Waals surface area (Å²) in [7, 11) is 0. The first-order valence-corrected chi connectivity index (χ1v) is 4.05. The summed E-state index contributed by atoms with van der Waals surface area (Å²) >= 11 is 0. The smallest absolute Gasteiger partial charge is 0.264 e. The summed E-state index contributed by atoms with van der Waals surface area (Å²) in [6.45, 7) is 3.66. The summed E-state index contributed by atoms with van der Waals surface area (Å²) < 4.78 is 23.7. The maximum atomic E-state index is 11.9. The van der Waals surface area contributed by atoms with Gasteiger partial charge in [-0.15, -0.1) is 0 Å². The molecule has 0 saturated heterocycles. The average Bonchev–Trinajstić information content (AvgIpc) is 1.98. The molecule has 0 aliphatic heterocycles. The van der Waals surface area contributed by atoms with E-state index in [4.69, 9.17) is 5.11 Å². The van der Waals surface area contributed by atoms with Crippen LogP contribution in [0.25, 0.3) is 0 Å². The molecule has 0 amide bonds. The first-order chi connectivity index (χ1) is 5.09. The molecule has 0 aromatic heterocycles. The van der Waals surface area contributed by atoms with Crippen LogP contribution < -0.4 is 0 Å². The minimum absolute atomic E-state index is 0.282. The van der Waals surface area contributed by atoms with Crippen LogP contribution in [0.3, 0.4) is 0 Å². The maximum absolute atomic E-state index is 11.9. The van der Waals surface area contributed by atoms with Gasteiger partial charge in [-0.3, -0.25) is 0 Å². The van der Waals surface area contributed by atoms with E-state index in [-0.39, 0.29) is 5.92 Å². The molecule has 2 atom stereocenters. The molecule has 0 rings (SSSR count). The lowest BCUT2D eigenvalue weighted by Crippen LogP contribution is -2.25. The number of hydrogen-bond donors (Lipinski definition) is 1. The van der Waals surface area contributed by atoms with Crippen molar-refractivity contribution in [2.24, 2.45) is 5.92 Å². The molecular formula is C8H16F2O. The molecule has 0 aromatic carbocycles. The second-order valence-electron chi connectivity index (χ2n) is 2.94. The van der Waals surface area contributed by atoms with Gasteiger partial charge in [-0.25, -0.2) is 8.78 Å². The van der Waals surface area contributed by atoms with Crippen molar-refractivity contribution in [1.82, 2.24) is 0 Å². The Morgan fingerprint density at radius 3 is 2.27 bits per heavy atom. The van der Waals surface area contributed by atoms with E-state index in [1.807, 2.05) is 6.92 Å². The molecule has 0 saturated carbocycles. The Kier molecular flexibility index (Phi) is 5.38. The van der Waals surface area contributed by atoms with Crippen LogP contribution in [0.5, 0.6) is 0 Å². The van der Waals surface area contributed by atoms with Crippen LogP contribution >= 0.6 is 0 Å². The van der Waals surface area contributed by atoms with E-state index in [9.17, 15) is 8.78 Å². The number of halogens is 2. The second kappa shape index (κ2) is 5.47.